The molecule has 3 aromatic rings. The number of carboxylic acids is 1. The number of hydrogen-bond acceptors (Lipinski definition) is 5. The highest BCUT2D eigenvalue weighted by molar-refractivity contribution is 6.33. The van der Waals surface area contributed by atoms with Crippen LogP contribution in [0.2, 0.25) is 5.02 Å². The van der Waals surface area contributed by atoms with E-state index in [0.717, 1.165) is 11.1 Å². The van der Waals surface area contributed by atoms with E-state index in [1.54, 1.807) is 26.0 Å². The first-order valence-electron chi connectivity index (χ1n) is 11.6. The molecule has 3 rings (SSSR count). The predicted molar refractivity (Wildman–Crippen MR) is 139 cm³/mol. The maximum Gasteiger partial charge on any atom is 0.336 e. The van der Waals surface area contributed by atoms with Crippen molar-refractivity contribution in [2.24, 2.45) is 0 Å². The molecule has 0 saturated carbocycles. The fourth-order valence-electron chi connectivity index (χ4n) is 3.93. The zero-order chi connectivity index (χ0) is 26.3. The third-order valence-electron chi connectivity index (χ3n) is 5.65. The summed E-state index contributed by atoms with van der Waals surface area (Å²) in [5.41, 5.74) is 0.817. The number of rotatable bonds is 12. The van der Waals surface area contributed by atoms with Crippen LogP contribution >= 0.6 is 11.6 Å². The Labute approximate surface area is 215 Å². The highest BCUT2D eigenvalue weighted by atomic mass is 35.5. The number of carboxylic acid groups (broad SMARTS) is 1. The number of methoxy groups -OCH3 is 1. The van der Waals surface area contributed by atoms with E-state index >= 15 is 4.39 Å². The van der Waals surface area contributed by atoms with Gasteiger partial charge in [-0.25, -0.2) is 9.18 Å². The summed E-state index contributed by atoms with van der Waals surface area (Å²) in [6.45, 7) is 4.66. The molecule has 3 N–H and O–H groups in total. The molecule has 0 radical (unpaired) electrons. The van der Waals surface area contributed by atoms with E-state index < -0.39 is 17.4 Å². The first-order valence-corrected chi connectivity index (χ1v) is 12.0. The van der Waals surface area contributed by atoms with Crippen LogP contribution in [-0.2, 0) is 4.74 Å². The van der Waals surface area contributed by atoms with Crippen molar-refractivity contribution in [3.8, 4) is 16.9 Å². The van der Waals surface area contributed by atoms with Crippen LogP contribution in [0.15, 0.2) is 60.7 Å². The van der Waals surface area contributed by atoms with Gasteiger partial charge in [-0.3, -0.25) is 0 Å². The molecule has 0 bridgehead atoms. The molecule has 0 aliphatic heterocycles. The molecule has 3 aromatic carbocycles. The van der Waals surface area contributed by atoms with Gasteiger partial charge in [-0.2, -0.15) is 0 Å². The van der Waals surface area contributed by atoms with Crippen LogP contribution in [-0.4, -0.2) is 55.2 Å². The van der Waals surface area contributed by atoms with Gasteiger partial charge in [0.2, 0.25) is 0 Å². The lowest BCUT2D eigenvalue weighted by Crippen LogP contribution is -2.36. The summed E-state index contributed by atoms with van der Waals surface area (Å²) >= 11 is 6.50. The Bertz CT molecular complexity index is 1180. The topological polar surface area (TPSA) is 88.0 Å². The molecule has 36 heavy (non-hydrogen) atoms. The third-order valence-corrected chi connectivity index (χ3v) is 5.98. The largest absolute Gasteiger partial charge is 0.488 e. The number of halogens is 2. The van der Waals surface area contributed by atoms with Crippen molar-refractivity contribution >= 4 is 17.6 Å². The minimum atomic E-state index is -1.28. The second-order valence-electron chi connectivity index (χ2n) is 9.09. The van der Waals surface area contributed by atoms with Gasteiger partial charge in [0.05, 0.1) is 17.8 Å². The van der Waals surface area contributed by atoms with Crippen LogP contribution in [0.4, 0.5) is 4.39 Å². The smallest absolute Gasteiger partial charge is 0.336 e. The van der Waals surface area contributed by atoms with Crippen LogP contribution < -0.4 is 10.1 Å². The molecule has 1 unspecified atom stereocenters. The fraction of sp³-hybridized carbons (Fsp3) is 0.321. The van der Waals surface area contributed by atoms with E-state index in [9.17, 15) is 15.0 Å². The minimum absolute atomic E-state index is 0.0834. The van der Waals surface area contributed by atoms with Crippen molar-refractivity contribution in [1.29, 1.82) is 0 Å². The quantitative estimate of drug-likeness (QED) is 0.281. The van der Waals surface area contributed by atoms with Crippen LogP contribution in [0.1, 0.15) is 41.3 Å². The van der Waals surface area contributed by atoms with Gasteiger partial charge in [0.25, 0.3) is 0 Å². The van der Waals surface area contributed by atoms with Gasteiger partial charge in [-0.05, 0) is 49.2 Å². The van der Waals surface area contributed by atoms with Crippen LogP contribution in [0, 0.1) is 5.82 Å². The van der Waals surface area contributed by atoms with Crippen molar-refractivity contribution < 1.29 is 28.9 Å². The zero-order valence-electron chi connectivity index (χ0n) is 20.6. The Balaban J connectivity index is 2.09. The van der Waals surface area contributed by atoms with Gasteiger partial charge in [0, 0.05) is 42.3 Å². The van der Waals surface area contributed by atoms with Gasteiger partial charge in [0.15, 0.2) is 11.6 Å². The second-order valence-corrected chi connectivity index (χ2v) is 9.50. The van der Waals surface area contributed by atoms with Crippen molar-refractivity contribution in [1.82, 2.24) is 5.32 Å². The number of carbonyl (C=O) groups is 1. The predicted octanol–water partition coefficient (Wildman–Crippen LogP) is 5.36. The van der Waals surface area contributed by atoms with Gasteiger partial charge in [-0.1, -0.05) is 48.0 Å². The molecule has 8 heteroatoms. The van der Waals surface area contributed by atoms with E-state index in [4.69, 9.17) is 21.1 Å². The van der Waals surface area contributed by atoms with Gasteiger partial charge < -0.3 is 25.0 Å². The van der Waals surface area contributed by atoms with Crippen molar-refractivity contribution in [2.45, 2.75) is 25.4 Å². The highest BCUT2D eigenvalue weighted by Gasteiger charge is 2.24. The molecule has 0 aliphatic rings. The number of aliphatic hydroxyl groups is 1. The Morgan fingerprint density at radius 2 is 1.81 bits per heavy atom. The lowest BCUT2D eigenvalue weighted by atomic mass is 9.88. The van der Waals surface area contributed by atoms with Gasteiger partial charge >= 0.3 is 5.97 Å². The van der Waals surface area contributed by atoms with Crippen molar-refractivity contribution in [2.75, 3.05) is 33.4 Å². The maximum absolute atomic E-state index is 15.6. The average molecular weight is 516 g/mol. The standard InChI is InChI=1S/C28H31ClFNO5/c1-28(2,34)17-31-16-22(18-7-5-4-6-8-18)19-9-11-23(29)21(15-19)25-20(27(32)33)10-12-24(26(25)30)36-14-13-35-3/h4-12,15,22,31,34H,13-14,16-17H2,1-3H3,(H,32,33). The van der Waals surface area contributed by atoms with Gasteiger partial charge in [0.1, 0.15) is 6.61 Å². The number of ether oxygens (including phenoxy) is 2. The van der Waals surface area contributed by atoms with Crippen molar-refractivity contribution in [3.05, 3.63) is 88.2 Å². The van der Waals surface area contributed by atoms with Crippen LogP contribution in [0.5, 0.6) is 5.75 Å². The average Bonchev–Trinajstić information content (AvgIpc) is 2.83. The summed E-state index contributed by atoms with van der Waals surface area (Å²) < 4.78 is 26.1. The summed E-state index contributed by atoms with van der Waals surface area (Å²) in [6, 6.07) is 17.5. The number of aromatic carboxylic acids is 1. The van der Waals surface area contributed by atoms with E-state index in [1.165, 1.54) is 19.2 Å². The SMILES string of the molecule is COCCOc1ccc(C(=O)O)c(-c2cc(C(CNCC(C)(C)O)c3ccccc3)ccc2Cl)c1F. The summed E-state index contributed by atoms with van der Waals surface area (Å²) in [5.74, 6) is -2.33. The fourth-order valence-corrected chi connectivity index (χ4v) is 4.14. The van der Waals surface area contributed by atoms with E-state index in [1.807, 2.05) is 36.4 Å². The molecular weight excluding hydrogens is 485 g/mol. The maximum atomic E-state index is 15.6. The lowest BCUT2D eigenvalue weighted by Gasteiger charge is -2.23. The zero-order valence-corrected chi connectivity index (χ0v) is 21.3. The Hall–Kier alpha value is -2.97. The number of hydrogen-bond donors (Lipinski definition) is 3. The van der Waals surface area contributed by atoms with E-state index in [-0.39, 0.29) is 46.6 Å². The second kappa shape index (κ2) is 12.3. The Morgan fingerprint density at radius 1 is 1.08 bits per heavy atom. The summed E-state index contributed by atoms with van der Waals surface area (Å²) in [4.78, 5) is 12.0. The monoisotopic (exact) mass is 515 g/mol. The minimum Gasteiger partial charge on any atom is -0.488 e. The first-order chi connectivity index (χ1) is 17.1. The summed E-state index contributed by atoms with van der Waals surface area (Å²) in [5, 5.41) is 23.4. The molecule has 0 aliphatic carbocycles. The molecule has 1 atom stereocenters. The number of benzene rings is 3. The van der Waals surface area contributed by atoms with Crippen molar-refractivity contribution in [3.63, 3.8) is 0 Å². The normalized spacial score (nSPS) is 12.4. The molecule has 0 saturated heterocycles. The Morgan fingerprint density at radius 3 is 2.44 bits per heavy atom. The highest BCUT2D eigenvalue weighted by Crippen LogP contribution is 2.39. The number of nitrogens with one attached hydrogen (secondary N) is 1. The molecule has 192 valence electrons. The molecule has 0 amide bonds. The third kappa shape index (κ3) is 7.04. The van der Waals surface area contributed by atoms with Crippen LogP contribution in [0.3, 0.4) is 0 Å². The first kappa shape index (κ1) is 27.6. The molecule has 0 aromatic heterocycles. The van der Waals surface area contributed by atoms with Gasteiger partial charge in [-0.15, -0.1) is 0 Å². The Kier molecular flexibility index (Phi) is 9.45. The van der Waals surface area contributed by atoms with E-state index in [2.05, 4.69) is 5.32 Å². The molecule has 6 nitrogen and oxygen atoms in total. The molecule has 0 spiro atoms. The molecule has 0 heterocycles. The summed E-state index contributed by atoms with van der Waals surface area (Å²) in [7, 11) is 1.50. The molecule has 0 fully saturated rings. The summed E-state index contributed by atoms with van der Waals surface area (Å²) in [6.07, 6.45) is 0. The van der Waals surface area contributed by atoms with E-state index in [0.29, 0.717) is 13.1 Å². The lowest BCUT2D eigenvalue weighted by molar-refractivity contribution is 0.0696. The van der Waals surface area contributed by atoms with Crippen LogP contribution in [0.25, 0.3) is 11.1 Å². The molecular formula is C28H31ClFNO5.